The molecule has 0 saturated carbocycles. The van der Waals surface area contributed by atoms with E-state index in [2.05, 4.69) is 4.79 Å². The monoisotopic (exact) mass is 326 g/mol. The Morgan fingerprint density at radius 2 is 1.52 bits per heavy atom. The van der Waals surface area contributed by atoms with Crippen molar-refractivity contribution < 1.29 is 22.2 Å². The number of carbonyl (C=O) groups is 1. The van der Waals surface area contributed by atoms with Gasteiger partial charge < -0.3 is 9.71 Å². The SMILES string of the molecule is [N-]=[N+]=C1C=C(S(=O)(=O)Oc2ccccc2)c2ccccc2C1=O. The van der Waals surface area contributed by atoms with Gasteiger partial charge in [-0.3, -0.25) is 4.79 Å². The number of para-hydroxylation sites is 1. The third kappa shape index (κ3) is 2.70. The van der Waals surface area contributed by atoms with Crippen LogP contribution in [0.2, 0.25) is 0 Å². The highest BCUT2D eigenvalue weighted by atomic mass is 32.2. The average Bonchev–Trinajstić information content (AvgIpc) is 2.56. The molecule has 0 aliphatic heterocycles. The second kappa shape index (κ2) is 5.64. The molecule has 0 atom stereocenters. The van der Waals surface area contributed by atoms with Crippen LogP contribution >= 0.6 is 0 Å². The Hall–Kier alpha value is -3.02. The number of carbonyl (C=O) groups excluding carboxylic acids is 1. The quantitative estimate of drug-likeness (QED) is 0.491. The molecule has 0 unspecified atom stereocenters. The van der Waals surface area contributed by atoms with Crippen molar-refractivity contribution in [3.8, 4) is 5.75 Å². The average molecular weight is 326 g/mol. The maximum absolute atomic E-state index is 12.5. The zero-order valence-corrected chi connectivity index (χ0v) is 12.5. The summed E-state index contributed by atoms with van der Waals surface area (Å²) < 4.78 is 30.2. The number of allylic oxidation sites excluding steroid dienone is 1. The van der Waals surface area contributed by atoms with Gasteiger partial charge in [0.1, 0.15) is 10.7 Å². The molecule has 1 aliphatic carbocycles. The summed E-state index contributed by atoms with van der Waals surface area (Å²) in [6.07, 6.45) is 1.00. The Morgan fingerprint density at radius 1 is 0.913 bits per heavy atom. The third-order valence-corrected chi connectivity index (χ3v) is 4.55. The summed E-state index contributed by atoms with van der Waals surface area (Å²) >= 11 is 0. The lowest BCUT2D eigenvalue weighted by molar-refractivity contribution is -0.00437. The molecule has 0 saturated heterocycles. The molecule has 2 aromatic carbocycles. The van der Waals surface area contributed by atoms with Gasteiger partial charge in [-0.25, -0.2) is 0 Å². The molecule has 1 aliphatic rings. The van der Waals surface area contributed by atoms with E-state index >= 15 is 0 Å². The van der Waals surface area contributed by atoms with Gasteiger partial charge in [0.15, 0.2) is 0 Å². The molecule has 0 amide bonds. The molecule has 2 aromatic rings. The molecule has 0 spiro atoms. The zero-order chi connectivity index (χ0) is 16.4. The summed E-state index contributed by atoms with van der Waals surface area (Å²) in [4.78, 5) is 14.7. The minimum Gasteiger partial charge on any atom is -0.379 e. The van der Waals surface area contributed by atoms with Crippen molar-refractivity contribution in [2.45, 2.75) is 0 Å². The molecule has 0 radical (unpaired) electrons. The highest BCUT2D eigenvalue weighted by molar-refractivity contribution is 7.96. The van der Waals surface area contributed by atoms with Crippen LogP contribution < -0.4 is 4.18 Å². The molecule has 0 aromatic heterocycles. The number of fused-ring (bicyclic) bond motifs is 1. The van der Waals surface area contributed by atoms with Crippen LogP contribution in [0.5, 0.6) is 5.75 Å². The molecule has 0 heterocycles. The lowest BCUT2D eigenvalue weighted by Gasteiger charge is -2.15. The van der Waals surface area contributed by atoms with E-state index in [1.54, 1.807) is 30.3 Å². The smallest absolute Gasteiger partial charge is 0.364 e. The second-order valence-corrected chi connectivity index (χ2v) is 6.23. The van der Waals surface area contributed by atoms with Gasteiger partial charge in [-0.15, -0.1) is 0 Å². The number of Topliss-reactive ketones (excluding diaryl/α,β-unsaturated/α-hetero) is 1. The van der Waals surface area contributed by atoms with Crippen molar-refractivity contribution in [1.29, 1.82) is 0 Å². The van der Waals surface area contributed by atoms with Gasteiger partial charge in [0.25, 0.3) is 5.78 Å². The Balaban J connectivity index is 2.14. The summed E-state index contributed by atoms with van der Waals surface area (Å²) in [5.41, 5.74) is 8.93. The fourth-order valence-corrected chi connectivity index (χ4v) is 3.39. The first-order valence-corrected chi connectivity index (χ1v) is 8.01. The molecule has 0 N–H and O–H groups in total. The van der Waals surface area contributed by atoms with E-state index in [1.807, 2.05) is 0 Å². The second-order valence-electron chi connectivity index (χ2n) is 4.72. The third-order valence-electron chi connectivity index (χ3n) is 3.26. The van der Waals surface area contributed by atoms with Gasteiger partial charge in [-0.1, -0.05) is 42.5 Å². The maximum atomic E-state index is 12.5. The molecule has 0 fully saturated rings. The van der Waals surface area contributed by atoms with Crippen LogP contribution in [0.4, 0.5) is 0 Å². The largest absolute Gasteiger partial charge is 0.379 e. The summed E-state index contributed by atoms with van der Waals surface area (Å²) in [7, 11) is -4.20. The standard InChI is InChI=1S/C16H10N2O4S/c17-18-14-10-15(12-8-4-5-9-13(12)16(14)19)23(20,21)22-11-6-2-1-3-7-11/h1-10H. The van der Waals surface area contributed by atoms with Crippen LogP contribution in [0.15, 0.2) is 60.7 Å². The van der Waals surface area contributed by atoms with Gasteiger partial charge in [0.2, 0.25) is 0 Å². The Labute approximate surface area is 132 Å². The predicted octanol–water partition coefficient (Wildman–Crippen LogP) is 2.30. The zero-order valence-electron chi connectivity index (χ0n) is 11.7. The van der Waals surface area contributed by atoms with Crippen LogP contribution in [0, 0.1) is 0 Å². The molecule has 6 nitrogen and oxygen atoms in total. The lowest BCUT2D eigenvalue weighted by Crippen LogP contribution is -2.24. The number of hydrogen-bond donors (Lipinski definition) is 0. The van der Waals surface area contributed by atoms with Crippen LogP contribution in [-0.2, 0) is 10.1 Å². The van der Waals surface area contributed by atoms with Gasteiger partial charge in [0.05, 0.1) is 6.08 Å². The summed E-state index contributed by atoms with van der Waals surface area (Å²) in [6, 6.07) is 14.2. The normalized spacial score (nSPS) is 13.8. The van der Waals surface area contributed by atoms with Crippen LogP contribution in [-0.4, -0.2) is 24.7 Å². The Bertz CT molecular complexity index is 972. The molecule has 0 bridgehead atoms. The van der Waals surface area contributed by atoms with Crippen molar-refractivity contribution in [3.63, 3.8) is 0 Å². The van der Waals surface area contributed by atoms with E-state index in [4.69, 9.17) is 9.71 Å². The summed E-state index contributed by atoms with van der Waals surface area (Å²) in [5, 5.41) is 0. The molecule has 114 valence electrons. The molecule has 3 rings (SSSR count). The van der Waals surface area contributed by atoms with Crippen molar-refractivity contribution in [3.05, 3.63) is 77.3 Å². The number of nitrogens with zero attached hydrogens (tertiary/aromatic N) is 2. The number of hydrogen-bond acceptors (Lipinski definition) is 4. The van der Waals surface area contributed by atoms with Crippen LogP contribution in [0.1, 0.15) is 15.9 Å². The minimum atomic E-state index is -4.20. The molecule has 23 heavy (non-hydrogen) atoms. The van der Waals surface area contributed by atoms with E-state index < -0.39 is 15.9 Å². The summed E-state index contributed by atoms with van der Waals surface area (Å²) in [5.74, 6) is -0.410. The van der Waals surface area contributed by atoms with E-state index in [-0.39, 0.29) is 27.5 Å². The van der Waals surface area contributed by atoms with Crippen molar-refractivity contribution in [2.24, 2.45) is 0 Å². The van der Waals surface area contributed by atoms with E-state index in [0.29, 0.717) is 0 Å². The number of ketones is 1. The fraction of sp³-hybridized carbons (Fsp3) is 0. The maximum Gasteiger partial charge on any atom is 0.364 e. The number of benzene rings is 2. The molecular formula is C16H10N2O4S. The fourth-order valence-electron chi connectivity index (χ4n) is 2.23. The first-order valence-electron chi connectivity index (χ1n) is 6.60. The predicted molar refractivity (Wildman–Crippen MR) is 83.4 cm³/mol. The summed E-state index contributed by atoms with van der Waals surface area (Å²) in [6.45, 7) is 0. The lowest BCUT2D eigenvalue weighted by atomic mass is 9.95. The van der Waals surface area contributed by atoms with Crippen molar-refractivity contribution >= 4 is 26.5 Å². The van der Waals surface area contributed by atoms with Crippen molar-refractivity contribution in [2.75, 3.05) is 0 Å². The van der Waals surface area contributed by atoms with Gasteiger partial charge in [-0.05, 0) is 12.1 Å². The van der Waals surface area contributed by atoms with Crippen LogP contribution in [0.3, 0.4) is 0 Å². The van der Waals surface area contributed by atoms with Gasteiger partial charge >= 0.3 is 15.8 Å². The number of rotatable bonds is 3. The van der Waals surface area contributed by atoms with Gasteiger partial charge in [-0.2, -0.15) is 13.2 Å². The highest BCUT2D eigenvalue weighted by Gasteiger charge is 2.36. The Kier molecular flexibility index (Phi) is 3.65. The van der Waals surface area contributed by atoms with Gasteiger partial charge in [0, 0.05) is 11.1 Å². The van der Waals surface area contributed by atoms with Crippen LogP contribution in [0.25, 0.3) is 10.4 Å². The molecule has 7 heteroatoms. The first kappa shape index (κ1) is 14.9. The van der Waals surface area contributed by atoms with Crippen molar-refractivity contribution in [1.82, 2.24) is 0 Å². The highest BCUT2D eigenvalue weighted by Crippen LogP contribution is 2.31. The van der Waals surface area contributed by atoms with E-state index in [1.165, 1.54) is 24.3 Å². The first-order chi connectivity index (χ1) is 11.0. The molecular weight excluding hydrogens is 316 g/mol. The topological polar surface area (TPSA) is 96.8 Å². The van der Waals surface area contributed by atoms with E-state index in [0.717, 1.165) is 6.08 Å². The minimum absolute atomic E-state index is 0.137. The Morgan fingerprint density at radius 3 is 2.17 bits per heavy atom. The van der Waals surface area contributed by atoms with E-state index in [9.17, 15) is 13.2 Å².